The monoisotopic (exact) mass is 520 g/mol. The molecule has 0 spiro atoms. The van der Waals surface area contributed by atoms with Gasteiger partial charge in [-0.1, -0.05) is 18.2 Å². The number of rotatable bonds is 4. The first kappa shape index (κ1) is 25.2. The number of amides is 1. The molecule has 0 bridgehead atoms. The molecule has 38 heavy (non-hydrogen) atoms. The van der Waals surface area contributed by atoms with Gasteiger partial charge in [0.05, 0.1) is 17.0 Å². The third-order valence-electron chi connectivity index (χ3n) is 6.28. The zero-order valence-corrected chi connectivity index (χ0v) is 21.1. The molecule has 1 fully saturated rings. The van der Waals surface area contributed by atoms with Crippen LogP contribution in [0, 0.1) is 11.6 Å². The highest BCUT2D eigenvalue weighted by Gasteiger charge is 2.33. The number of nitrogens with two attached hydrogens (primary N) is 1. The minimum atomic E-state index is -0.733. The summed E-state index contributed by atoms with van der Waals surface area (Å²) in [5.74, 6) is -1.94. The second kappa shape index (κ2) is 9.47. The molecule has 0 saturated carbocycles. The molecule has 2 N–H and O–H groups in total. The van der Waals surface area contributed by atoms with Crippen LogP contribution in [0.2, 0.25) is 0 Å². The van der Waals surface area contributed by atoms with E-state index in [9.17, 15) is 14.0 Å². The predicted octanol–water partition coefficient (Wildman–Crippen LogP) is 4.77. The van der Waals surface area contributed by atoms with E-state index in [1.165, 1.54) is 42.7 Å². The number of hydrogen-bond donors (Lipinski definition) is 1. The van der Waals surface area contributed by atoms with Crippen molar-refractivity contribution in [3.8, 4) is 11.3 Å². The largest absolute Gasteiger partial charge is 0.444 e. The summed E-state index contributed by atoms with van der Waals surface area (Å²) < 4.78 is 36.7. The molecule has 196 valence electrons. The van der Waals surface area contributed by atoms with E-state index in [1.54, 1.807) is 30.4 Å². The van der Waals surface area contributed by atoms with Gasteiger partial charge in [0.1, 0.15) is 35.1 Å². The first-order valence-corrected chi connectivity index (χ1v) is 12.1. The van der Waals surface area contributed by atoms with E-state index >= 15 is 4.39 Å². The molecule has 3 heterocycles. The number of anilines is 1. The summed E-state index contributed by atoms with van der Waals surface area (Å²) >= 11 is 0. The number of likely N-dealkylation sites (tertiary alicyclic amines) is 1. The lowest BCUT2D eigenvalue weighted by molar-refractivity contribution is 0.0288. The Labute approximate surface area is 217 Å². The minimum absolute atomic E-state index is 0.00638. The molecule has 4 aromatic rings. The molecule has 1 amide bonds. The van der Waals surface area contributed by atoms with Crippen molar-refractivity contribution in [2.75, 3.05) is 18.8 Å². The van der Waals surface area contributed by atoms with Crippen LogP contribution in [-0.4, -0.2) is 55.2 Å². The van der Waals surface area contributed by atoms with E-state index in [2.05, 4.69) is 15.1 Å². The third kappa shape index (κ3) is 4.67. The number of nitrogens with zero attached hydrogens (tertiary/aromatic N) is 5. The van der Waals surface area contributed by atoms with Gasteiger partial charge in [0, 0.05) is 24.2 Å². The summed E-state index contributed by atoms with van der Waals surface area (Å²) in [4.78, 5) is 35.3. The molecule has 1 atom stereocenters. The van der Waals surface area contributed by atoms with Crippen molar-refractivity contribution >= 4 is 28.7 Å². The summed E-state index contributed by atoms with van der Waals surface area (Å²) in [6.07, 6.45) is 1.46. The molecule has 9 nitrogen and oxygen atoms in total. The van der Waals surface area contributed by atoms with E-state index in [-0.39, 0.29) is 34.2 Å². The molecule has 0 radical (unpaired) electrons. The number of aromatic nitrogens is 4. The van der Waals surface area contributed by atoms with Gasteiger partial charge in [-0.15, -0.1) is 0 Å². The van der Waals surface area contributed by atoms with Crippen molar-refractivity contribution in [3.63, 3.8) is 0 Å². The highest BCUT2D eigenvalue weighted by atomic mass is 19.1. The second-order valence-corrected chi connectivity index (χ2v) is 10.1. The number of ether oxygens (including phenoxy) is 1. The Morgan fingerprint density at radius 2 is 1.84 bits per heavy atom. The number of halogens is 2. The number of ketones is 1. The Morgan fingerprint density at radius 3 is 2.55 bits per heavy atom. The smallest absolute Gasteiger partial charge is 0.410 e. The number of carbonyl (C=O) groups excluding carboxylic acids is 2. The van der Waals surface area contributed by atoms with Gasteiger partial charge in [-0.2, -0.15) is 5.10 Å². The lowest BCUT2D eigenvalue weighted by Gasteiger charge is -2.24. The molecule has 1 aliphatic rings. The van der Waals surface area contributed by atoms with Crippen LogP contribution in [0.5, 0.6) is 0 Å². The molecule has 5 rings (SSSR count). The fourth-order valence-corrected chi connectivity index (χ4v) is 4.52. The number of carbonyl (C=O) groups is 2. The molecule has 1 saturated heterocycles. The molecule has 0 aliphatic carbocycles. The number of nitrogen functional groups attached to an aromatic ring is 1. The SMILES string of the molecule is CC(C)(C)OC(=O)N1CC[C@@H](n2nc(-c3ccc(C(=O)c4ccccc4F)cc3F)c3c(N)ncnc32)C1. The first-order valence-electron chi connectivity index (χ1n) is 12.1. The average molecular weight is 521 g/mol. The van der Waals surface area contributed by atoms with Crippen LogP contribution in [0.4, 0.5) is 19.4 Å². The zero-order chi connectivity index (χ0) is 27.2. The van der Waals surface area contributed by atoms with Crippen LogP contribution < -0.4 is 5.73 Å². The van der Waals surface area contributed by atoms with Crippen LogP contribution in [-0.2, 0) is 4.74 Å². The lowest BCUT2D eigenvalue weighted by atomic mass is 10.00. The van der Waals surface area contributed by atoms with Crippen molar-refractivity contribution in [1.29, 1.82) is 0 Å². The van der Waals surface area contributed by atoms with Crippen LogP contribution >= 0.6 is 0 Å². The van der Waals surface area contributed by atoms with Crippen molar-refractivity contribution in [2.45, 2.75) is 38.8 Å². The van der Waals surface area contributed by atoms with Crippen LogP contribution in [0.3, 0.4) is 0 Å². The number of hydrogen-bond acceptors (Lipinski definition) is 7. The second-order valence-electron chi connectivity index (χ2n) is 10.1. The minimum Gasteiger partial charge on any atom is -0.444 e. The Balaban J connectivity index is 1.50. The van der Waals surface area contributed by atoms with Crippen molar-refractivity contribution in [3.05, 3.63) is 71.6 Å². The standard InChI is InChI=1S/C27H26F2N6O3/c1-27(2,3)38-26(37)34-11-10-16(13-34)35-25-21(24(30)31-14-32-25)22(33-35)17-9-8-15(12-20(17)29)23(36)18-6-4-5-7-19(18)28/h4-9,12,14,16H,10-11,13H2,1-3H3,(H2,30,31,32)/t16-/m1/s1. The van der Waals surface area contributed by atoms with Crippen molar-refractivity contribution in [1.82, 2.24) is 24.6 Å². The van der Waals surface area contributed by atoms with E-state index in [1.807, 2.05) is 0 Å². The summed E-state index contributed by atoms with van der Waals surface area (Å²) in [7, 11) is 0. The molecule has 11 heteroatoms. The van der Waals surface area contributed by atoms with E-state index < -0.39 is 29.1 Å². The maximum absolute atomic E-state index is 15.4. The van der Waals surface area contributed by atoms with E-state index in [4.69, 9.17) is 10.5 Å². The van der Waals surface area contributed by atoms with Gasteiger partial charge in [0.2, 0.25) is 0 Å². The van der Waals surface area contributed by atoms with Gasteiger partial charge in [-0.3, -0.25) is 4.79 Å². The van der Waals surface area contributed by atoms with Gasteiger partial charge in [-0.05, 0) is 51.5 Å². The van der Waals surface area contributed by atoms with Gasteiger partial charge < -0.3 is 15.4 Å². The summed E-state index contributed by atoms with van der Waals surface area (Å²) in [6, 6.07) is 9.15. The Bertz CT molecular complexity index is 1560. The summed E-state index contributed by atoms with van der Waals surface area (Å²) in [5.41, 5.74) is 6.07. The fourth-order valence-electron chi connectivity index (χ4n) is 4.52. The average Bonchev–Trinajstić information content (AvgIpc) is 3.49. The van der Waals surface area contributed by atoms with E-state index in [0.29, 0.717) is 30.5 Å². The predicted molar refractivity (Wildman–Crippen MR) is 136 cm³/mol. The molecule has 2 aromatic carbocycles. The van der Waals surface area contributed by atoms with Gasteiger partial charge in [0.25, 0.3) is 0 Å². The first-order chi connectivity index (χ1) is 18.0. The maximum atomic E-state index is 15.4. The van der Waals surface area contributed by atoms with E-state index in [0.717, 1.165) is 6.07 Å². The third-order valence-corrected chi connectivity index (χ3v) is 6.28. The normalized spacial score (nSPS) is 15.7. The summed E-state index contributed by atoms with van der Waals surface area (Å²) in [6.45, 7) is 6.19. The quantitative estimate of drug-likeness (QED) is 0.386. The topological polar surface area (TPSA) is 116 Å². The highest BCUT2D eigenvalue weighted by Crippen LogP contribution is 2.35. The summed E-state index contributed by atoms with van der Waals surface area (Å²) in [5, 5.41) is 5.01. The molecular formula is C27H26F2N6O3. The fraction of sp³-hybridized carbons (Fsp3) is 0.296. The Hall–Kier alpha value is -4.41. The van der Waals surface area contributed by atoms with Crippen LogP contribution in [0.25, 0.3) is 22.3 Å². The Kier molecular flexibility index (Phi) is 6.29. The highest BCUT2D eigenvalue weighted by molar-refractivity contribution is 6.09. The number of benzene rings is 2. The van der Waals surface area contributed by atoms with Crippen molar-refractivity contribution in [2.24, 2.45) is 0 Å². The molecule has 1 aliphatic heterocycles. The van der Waals surface area contributed by atoms with Gasteiger partial charge in [0.15, 0.2) is 11.4 Å². The lowest BCUT2D eigenvalue weighted by Crippen LogP contribution is -2.35. The molecule has 0 unspecified atom stereocenters. The van der Waals surface area contributed by atoms with Crippen molar-refractivity contribution < 1.29 is 23.1 Å². The van der Waals surface area contributed by atoms with Crippen LogP contribution in [0.15, 0.2) is 48.8 Å². The van der Waals surface area contributed by atoms with Gasteiger partial charge >= 0.3 is 6.09 Å². The maximum Gasteiger partial charge on any atom is 0.410 e. The number of fused-ring (bicyclic) bond motifs is 1. The van der Waals surface area contributed by atoms with Gasteiger partial charge in [-0.25, -0.2) is 28.2 Å². The zero-order valence-electron chi connectivity index (χ0n) is 21.1. The Morgan fingerprint density at radius 1 is 1.08 bits per heavy atom. The van der Waals surface area contributed by atoms with Crippen LogP contribution in [0.1, 0.15) is 49.2 Å². The molecule has 2 aromatic heterocycles. The molecular weight excluding hydrogens is 494 g/mol.